The molecule has 1 aromatic heterocycles. The zero-order chi connectivity index (χ0) is 16.4. The van der Waals surface area contributed by atoms with Gasteiger partial charge in [0.05, 0.1) is 13.5 Å². The highest BCUT2D eigenvalue weighted by molar-refractivity contribution is 7.13. The Morgan fingerprint density at radius 1 is 1.32 bits per heavy atom. The number of carbonyl (C=O) groups excluding carboxylic acids is 1. The van der Waals surface area contributed by atoms with Crippen molar-refractivity contribution in [2.45, 2.75) is 12.8 Å². The molecular weight excluding hydrogens is 306 g/mol. The number of carboxylic acid groups (broad SMARTS) is 1. The molecule has 0 spiro atoms. The third-order valence-corrected chi connectivity index (χ3v) is 3.00. The van der Waals surface area contributed by atoms with E-state index < -0.39 is 5.97 Å². The van der Waals surface area contributed by atoms with Crippen LogP contribution in [0.15, 0.2) is 35.8 Å². The fraction of sp³-hybridized carbons (Fsp3) is 0.214. The van der Waals surface area contributed by atoms with Crippen LogP contribution in [0.25, 0.3) is 0 Å². The second-order valence-electron chi connectivity index (χ2n) is 4.04. The van der Waals surface area contributed by atoms with Crippen LogP contribution in [0.5, 0.6) is 5.75 Å². The molecule has 0 saturated carbocycles. The minimum atomic E-state index is -0.982. The van der Waals surface area contributed by atoms with Gasteiger partial charge >= 0.3 is 5.97 Å². The molecule has 1 amide bonds. The normalized spacial score (nSPS) is 9.32. The van der Waals surface area contributed by atoms with Crippen LogP contribution in [0.2, 0.25) is 0 Å². The number of benzene rings is 1. The van der Waals surface area contributed by atoms with E-state index in [2.05, 4.69) is 10.3 Å². The van der Waals surface area contributed by atoms with Gasteiger partial charge in [-0.1, -0.05) is 0 Å². The largest absolute Gasteiger partial charge is 0.497 e. The van der Waals surface area contributed by atoms with Crippen LogP contribution in [0.1, 0.15) is 12.8 Å². The van der Waals surface area contributed by atoms with Crippen molar-refractivity contribution in [1.29, 1.82) is 0 Å². The number of amides is 1. The number of anilines is 2. The number of nitrogens with one attached hydrogen (secondary N) is 1. The second kappa shape index (κ2) is 9.35. The molecule has 0 radical (unpaired) electrons. The molecule has 0 aliphatic carbocycles. The number of methoxy groups -OCH3 is 1. The van der Waals surface area contributed by atoms with Crippen molar-refractivity contribution in [3.05, 3.63) is 35.8 Å². The van der Waals surface area contributed by atoms with E-state index in [4.69, 9.17) is 15.6 Å². The maximum atomic E-state index is 11.3. The summed E-state index contributed by atoms with van der Waals surface area (Å²) < 4.78 is 4.96. The van der Waals surface area contributed by atoms with Gasteiger partial charge in [0.15, 0.2) is 5.13 Å². The Labute approximate surface area is 131 Å². The summed E-state index contributed by atoms with van der Waals surface area (Å²) in [5.74, 6) is -0.596. The van der Waals surface area contributed by atoms with Gasteiger partial charge < -0.3 is 20.9 Å². The summed E-state index contributed by atoms with van der Waals surface area (Å²) in [4.78, 5) is 25.2. The number of aliphatic carboxylic acids is 1. The van der Waals surface area contributed by atoms with Crippen LogP contribution in [-0.4, -0.2) is 29.1 Å². The standard InChI is InChI=1S/C11H13NO4.C3H4N2S/c1-16-9-4-2-8(3-5-9)12-10(13)6-7-11(14)15;4-3-5-1-2-6-3/h2-5H,6-7H2,1H3,(H,12,13)(H,14,15);1-2H,(H2,4,5). The molecule has 118 valence electrons. The molecule has 0 atom stereocenters. The van der Waals surface area contributed by atoms with E-state index in [9.17, 15) is 9.59 Å². The Balaban J connectivity index is 0.000000335. The highest BCUT2D eigenvalue weighted by Gasteiger charge is 2.05. The van der Waals surface area contributed by atoms with E-state index in [-0.39, 0.29) is 18.7 Å². The van der Waals surface area contributed by atoms with Crippen molar-refractivity contribution in [2.24, 2.45) is 0 Å². The van der Waals surface area contributed by atoms with Crippen molar-refractivity contribution in [2.75, 3.05) is 18.2 Å². The number of aromatic nitrogens is 1. The van der Waals surface area contributed by atoms with Crippen molar-refractivity contribution >= 4 is 34.0 Å². The Kier molecular flexibility index (Phi) is 7.41. The molecule has 2 aromatic rings. The van der Waals surface area contributed by atoms with Crippen LogP contribution in [0.3, 0.4) is 0 Å². The van der Waals surface area contributed by atoms with E-state index >= 15 is 0 Å². The van der Waals surface area contributed by atoms with E-state index in [1.807, 2.05) is 5.38 Å². The van der Waals surface area contributed by atoms with Gasteiger partial charge in [-0.05, 0) is 24.3 Å². The maximum Gasteiger partial charge on any atom is 0.303 e. The fourth-order valence-corrected chi connectivity index (χ4v) is 1.74. The lowest BCUT2D eigenvalue weighted by Gasteiger charge is -2.05. The molecule has 22 heavy (non-hydrogen) atoms. The minimum absolute atomic E-state index is 0.0264. The second-order valence-corrected chi connectivity index (χ2v) is 4.97. The van der Waals surface area contributed by atoms with Crippen LogP contribution in [-0.2, 0) is 9.59 Å². The van der Waals surface area contributed by atoms with Gasteiger partial charge in [0, 0.05) is 23.7 Å². The average molecular weight is 323 g/mol. The summed E-state index contributed by atoms with van der Waals surface area (Å²) in [5.41, 5.74) is 5.81. The molecule has 2 rings (SSSR count). The Morgan fingerprint density at radius 2 is 2.00 bits per heavy atom. The van der Waals surface area contributed by atoms with Gasteiger partial charge in [0.25, 0.3) is 0 Å². The first-order valence-corrected chi connectivity index (χ1v) is 7.20. The molecule has 1 aromatic carbocycles. The molecule has 4 N–H and O–H groups in total. The molecule has 0 fully saturated rings. The quantitative estimate of drug-likeness (QED) is 0.777. The number of nitrogen functional groups attached to an aromatic ring is 1. The first-order valence-electron chi connectivity index (χ1n) is 6.32. The van der Waals surface area contributed by atoms with Crippen molar-refractivity contribution < 1.29 is 19.4 Å². The summed E-state index contributed by atoms with van der Waals surface area (Å²) >= 11 is 1.44. The molecule has 0 aliphatic rings. The van der Waals surface area contributed by atoms with Crippen LogP contribution in [0, 0.1) is 0 Å². The summed E-state index contributed by atoms with van der Waals surface area (Å²) in [6.07, 6.45) is 1.49. The van der Waals surface area contributed by atoms with E-state index in [0.717, 1.165) is 0 Å². The first-order chi connectivity index (χ1) is 10.5. The zero-order valence-corrected chi connectivity index (χ0v) is 12.8. The van der Waals surface area contributed by atoms with E-state index in [1.165, 1.54) is 11.3 Å². The van der Waals surface area contributed by atoms with Crippen molar-refractivity contribution in [3.63, 3.8) is 0 Å². The summed E-state index contributed by atoms with van der Waals surface area (Å²) in [5, 5.41) is 13.5. The van der Waals surface area contributed by atoms with Gasteiger partial charge in [-0.25, -0.2) is 4.98 Å². The highest BCUT2D eigenvalue weighted by Crippen LogP contribution is 2.15. The molecule has 7 nitrogen and oxygen atoms in total. The Bertz CT molecular complexity index is 585. The third-order valence-electron chi connectivity index (χ3n) is 2.39. The van der Waals surface area contributed by atoms with Crippen LogP contribution >= 0.6 is 11.3 Å². The maximum absolute atomic E-state index is 11.3. The molecule has 1 heterocycles. The highest BCUT2D eigenvalue weighted by atomic mass is 32.1. The molecule has 0 bridgehead atoms. The van der Waals surface area contributed by atoms with Crippen molar-refractivity contribution in [1.82, 2.24) is 4.98 Å². The number of nitrogens with zero attached hydrogens (tertiary/aromatic N) is 1. The Morgan fingerprint density at radius 3 is 2.41 bits per heavy atom. The molecule has 0 aliphatic heterocycles. The minimum Gasteiger partial charge on any atom is -0.497 e. The number of hydrogen-bond acceptors (Lipinski definition) is 6. The fourth-order valence-electron chi connectivity index (χ4n) is 1.35. The third kappa shape index (κ3) is 7.25. The summed E-state index contributed by atoms with van der Waals surface area (Å²) in [6.45, 7) is 0. The topological polar surface area (TPSA) is 115 Å². The predicted octanol–water partition coefficient (Wildman–Crippen LogP) is 2.22. The van der Waals surface area contributed by atoms with Gasteiger partial charge in [0.2, 0.25) is 5.91 Å². The number of carboxylic acids is 1. The van der Waals surface area contributed by atoms with E-state index in [0.29, 0.717) is 16.6 Å². The molecule has 8 heteroatoms. The van der Waals surface area contributed by atoms with Crippen LogP contribution < -0.4 is 15.8 Å². The predicted molar refractivity (Wildman–Crippen MR) is 85.0 cm³/mol. The first kappa shape index (κ1) is 17.4. The lowest BCUT2D eigenvalue weighted by molar-refractivity contribution is -0.138. The SMILES string of the molecule is COc1ccc(NC(=O)CCC(=O)O)cc1.Nc1nccs1. The molecule has 0 saturated heterocycles. The molecular formula is C14H17N3O4S. The lowest BCUT2D eigenvalue weighted by Crippen LogP contribution is -2.12. The van der Waals surface area contributed by atoms with E-state index in [1.54, 1.807) is 37.6 Å². The number of ether oxygens (including phenoxy) is 1. The van der Waals surface area contributed by atoms with Crippen LogP contribution in [0.4, 0.5) is 10.8 Å². The number of nitrogens with two attached hydrogens (primary N) is 1. The van der Waals surface area contributed by atoms with Crippen molar-refractivity contribution in [3.8, 4) is 5.75 Å². The monoisotopic (exact) mass is 323 g/mol. The van der Waals surface area contributed by atoms with Gasteiger partial charge in [-0.2, -0.15) is 0 Å². The molecule has 0 unspecified atom stereocenters. The van der Waals surface area contributed by atoms with Gasteiger partial charge in [-0.15, -0.1) is 11.3 Å². The summed E-state index contributed by atoms with van der Waals surface area (Å²) in [6, 6.07) is 6.81. The smallest absolute Gasteiger partial charge is 0.303 e. The number of carbonyl (C=O) groups is 2. The number of rotatable bonds is 5. The summed E-state index contributed by atoms with van der Waals surface area (Å²) in [7, 11) is 1.56. The lowest BCUT2D eigenvalue weighted by atomic mass is 10.2. The van der Waals surface area contributed by atoms with Gasteiger partial charge in [-0.3, -0.25) is 9.59 Å². The van der Waals surface area contributed by atoms with Gasteiger partial charge in [0.1, 0.15) is 5.75 Å². The zero-order valence-electron chi connectivity index (χ0n) is 12.0. The number of thiazole rings is 1. The number of hydrogen-bond donors (Lipinski definition) is 3. The Hall–Kier alpha value is -2.61. The average Bonchev–Trinajstić information content (AvgIpc) is 2.98.